The number of hydrogen-bond acceptors (Lipinski definition) is 2. The lowest BCUT2D eigenvalue weighted by molar-refractivity contribution is 0.214. The Balaban J connectivity index is 2.91. The van der Waals surface area contributed by atoms with Crippen molar-refractivity contribution in [1.82, 2.24) is 4.90 Å². The maximum atomic E-state index is 6.08. The van der Waals surface area contributed by atoms with Crippen molar-refractivity contribution in [3.05, 3.63) is 33.3 Å². The zero-order chi connectivity index (χ0) is 13.7. The number of benzene rings is 1. The van der Waals surface area contributed by atoms with Crippen LogP contribution in [0.1, 0.15) is 31.9 Å². The second-order valence-corrected chi connectivity index (χ2v) is 6.16. The van der Waals surface area contributed by atoms with Crippen LogP contribution in [0.5, 0.6) is 0 Å². The fourth-order valence-corrected chi connectivity index (χ4v) is 2.75. The van der Waals surface area contributed by atoms with Crippen LogP contribution in [-0.4, -0.2) is 25.0 Å². The van der Waals surface area contributed by atoms with E-state index in [1.807, 2.05) is 18.2 Å². The topological polar surface area (TPSA) is 29.3 Å². The van der Waals surface area contributed by atoms with Gasteiger partial charge in [0.1, 0.15) is 0 Å². The standard InChI is InChI=1S/C14H22BrClN2/c1-4-10(2)9-18(3)14(8-17)12-7-11(16)5-6-13(12)15/h5-7,10,14H,4,8-9,17H2,1-3H3. The molecule has 0 aliphatic rings. The highest BCUT2D eigenvalue weighted by molar-refractivity contribution is 9.10. The Morgan fingerprint density at radius 2 is 2.11 bits per heavy atom. The maximum Gasteiger partial charge on any atom is 0.0479 e. The van der Waals surface area contributed by atoms with Gasteiger partial charge in [0.25, 0.3) is 0 Å². The molecule has 0 spiro atoms. The van der Waals surface area contributed by atoms with E-state index in [9.17, 15) is 0 Å². The van der Waals surface area contributed by atoms with Crippen LogP contribution in [-0.2, 0) is 0 Å². The average molecular weight is 334 g/mol. The molecular formula is C14H22BrClN2. The van der Waals surface area contributed by atoms with Gasteiger partial charge in [-0.2, -0.15) is 0 Å². The highest BCUT2D eigenvalue weighted by atomic mass is 79.9. The van der Waals surface area contributed by atoms with Crippen LogP contribution in [0.15, 0.2) is 22.7 Å². The van der Waals surface area contributed by atoms with E-state index in [0.29, 0.717) is 12.5 Å². The van der Waals surface area contributed by atoms with E-state index >= 15 is 0 Å². The van der Waals surface area contributed by atoms with Gasteiger partial charge in [0.2, 0.25) is 0 Å². The van der Waals surface area contributed by atoms with E-state index in [1.165, 1.54) is 6.42 Å². The fourth-order valence-electron chi connectivity index (χ4n) is 2.06. The molecule has 2 atom stereocenters. The molecule has 2 nitrogen and oxygen atoms in total. The van der Waals surface area contributed by atoms with E-state index in [1.54, 1.807) is 0 Å². The van der Waals surface area contributed by atoms with Crippen LogP contribution >= 0.6 is 27.5 Å². The SMILES string of the molecule is CCC(C)CN(C)C(CN)c1cc(Cl)ccc1Br. The molecule has 0 aliphatic carbocycles. The Hall–Kier alpha value is -0.0900. The largest absolute Gasteiger partial charge is 0.329 e. The van der Waals surface area contributed by atoms with Gasteiger partial charge in [-0.1, -0.05) is 47.8 Å². The summed E-state index contributed by atoms with van der Waals surface area (Å²) in [5.41, 5.74) is 7.10. The van der Waals surface area contributed by atoms with Gasteiger partial charge >= 0.3 is 0 Å². The maximum absolute atomic E-state index is 6.08. The highest BCUT2D eigenvalue weighted by Crippen LogP contribution is 2.29. The Kier molecular flexibility index (Phi) is 6.64. The van der Waals surface area contributed by atoms with Crippen molar-refractivity contribution in [2.24, 2.45) is 11.7 Å². The molecule has 2 unspecified atom stereocenters. The van der Waals surface area contributed by atoms with Gasteiger partial charge in [-0.3, -0.25) is 4.90 Å². The number of rotatable bonds is 6. The normalized spacial score (nSPS) is 14.8. The van der Waals surface area contributed by atoms with Gasteiger partial charge in [-0.15, -0.1) is 0 Å². The molecule has 0 amide bonds. The second-order valence-electron chi connectivity index (χ2n) is 4.87. The molecule has 0 heterocycles. The zero-order valence-electron chi connectivity index (χ0n) is 11.3. The third kappa shape index (κ3) is 4.23. The zero-order valence-corrected chi connectivity index (χ0v) is 13.6. The molecule has 2 N–H and O–H groups in total. The Morgan fingerprint density at radius 1 is 1.44 bits per heavy atom. The van der Waals surface area contributed by atoms with Gasteiger partial charge in [-0.05, 0) is 36.7 Å². The lowest BCUT2D eigenvalue weighted by Gasteiger charge is -2.30. The first kappa shape index (κ1) is 16.0. The summed E-state index contributed by atoms with van der Waals surface area (Å²) in [5, 5.41) is 0.753. The number of halogens is 2. The van der Waals surface area contributed by atoms with Crippen molar-refractivity contribution in [2.75, 3.05) is 20.1 Å². The fraction of sp³-hybridized carbons (Fsp3) is 0.571. The van der Waals surface area contributed by atoms with Crippen LogP contribution in [0, 0.1) is 5.92 Å². The molecule has 102 valence electrons. The van der Waals surface area contributed by atoms with E-state index in [-0.39, 0.29) is 6.04 Å². The van der Waals surface area contributed by atoms with Crippen molar-refractivity contribution < 1.29 is 0 Å². The van der Waals surface area contributed by atoms with Gasteiger partial charge < -0.3 is 5.73 Å². The molecule has 1 rings (SSSR count). The number of likely N-dealkylation sites (N-methyl/N-ethyl adjacent to an activating group) is 1. The van der Waals surface area contributed by atoms with Crippen LogP contribution in [0.3, 0.4) is 0 Å². The third-order valence-electron chi connectivity index (χ3n) is 3.37. The third-order valence-corrected chi connectivity index (χ3v) is 4.33. The van der Waals surface area contributed by atoms with E-state index in [4.69, 9.17) is 17.3 Å². The number of nitrogens with two attached hydrogens (primary N) is 1. The van der Waals surface area contributed by atoms with Crippen LogP contribution < -0.4 is 5.73 Å². The van der Waals surface area contributed by atoms with Crippen molar-refractivity contribution in [3.63, 3.8) is 0 Å². The predicted molar refractivity (Wildman–Crippen MR) is 83.0 cm³/mol. The molecule has 0 saturated heterocycles. The summed E-state index contributed by atoms with van der Waals surface area (Å²) >= 11 is 9.66. The molecule has 1 aromatic carbocycles. The molecule has 0 aliphatic heterocycles. The van der Waals surface area contributed by atoms with Gasteiger partial charge in [-0.25, -0.2) is 0 Å². The average Bonchev–Trinajstić information content (AvgIpc) is 2.34. The summed E-state index contributed by atoms with van der Waals surface area (Å²) in [5.74, 6) is 0.669. The second kappa shape index (κ2) is 7.49. The summed E-state index contributed by atoms with van der Waals surface area (Å²) in [4.78, 5) is 2.31. The Morgan fingerprint density at radius 3 is 2.67 bits per heavy atom. The highest BCUT2D eigenvalue weighted by Gasteiger charge is 2.19. The van der Waals surface area contributed by atoms with Crippen molar-refractivity contribution in [2.45, 2.75) is 26.3 Å². The van der Waals surface area contributed by atoms with Crippen LogP contribution in [0.25, 0.3) is 0 Å². The molecule has 0 fully saturated rings. The summed E-state index contributed by atoms with van der Waals surface area (Å²) in [6, 6.07) is 6.07. The smallest absolute Gasteiger partial charge is 0.0479 e. The number of nitrogens with zero attached hydrogens (tertiary/aromatic N) is 1. The van der Waals surface area contributed by atoms with Gasteiger partial charge in [0.05, 0.1) is 0 Å². The van der Waals surface area contributed by atoms with Crippen LogP contribution in [0.2, 0.25) is 5.02 Å². The molecule has 0 aromatic heterocycles. The molecule has 0 radical (unpaired) electrons. The predicted octanol–water partition coefficient (Wildman–Crippen LogP) is 4.08. The first-order valence-electron chi connectivity index (χ1n) is 6.34. The minimum absolute atomic E-state index is 0.201. The van der Waals surface area contributed by atoms with Crippen LogP contribution in [0.4, 0.5) is 0 Å². The molecule has 4 heteroatoms. The molecule has 18 heavy (non-hydrogen) atoms. The van der Waals surface area contributed by atoms with E-state index < -0.39 is 0 Å². The lowest BCUT2D eigenvalue weighted by atomic mass is 10.0. The molecular weight excluding hydrogens is 312 g/mol. The summed E-state index contributed by atoms with van der Waals surface area (Å²) < 4.78 is 1.07. The lowest BCUT2D eigenvalue weighted by Crippen LogP contribution is -2.33. The van der Waals surface area contributed by atoms with Crippen molar-refractivity contribution >= 4 is 27.5 Å². The number of hydrogen-bond donors (Lipinski definition) is 1. The Labute approximate surface area is 124 Å². The monoisotopic (exact) mass is 332 g/mol. The quantitative estimate of drug-likeness (QED) is 0.850. The first-order valence-corrected chi connectivity index (χ1v) is 7.51. The summed E-state index contributed by atoms with van der Waals surface area (Å²) in [7, 11) is 2.12. The van der Waals surface area contributed by atoms with Gasteiger partial charge in [0.15, 0.2) is 0 Å². The van der Waals surface area contributed by atoms with E-state index in [0.717, 1.165) is 21.6 Å². The van der Waals surface area contributed by atoms with Crippen molar-refractivity contribution in [1.29, 1.82) is 0 Å². The summed E-state index contributed by atoms with van der Waals surface area (Å²) in [6.07, 6.45) is 1.18. The molecule has 1 aromatic rings. The minimum Gasteiger partial charge on any atom is -0.329 e. The Bertz CT molecular complexity index is 384. The van der Waals surface area contributed by atoms with E-state index in [2.05, 4.69) is 41.7 Å². The molecule has 0 saturated carbocycles. The summed E-state index contributed by atoms with van der Waals surface area (Å²) in [6.45, 7) is 6.10. The molecule has 0 bridgehead atoms. The van der Waals surface area contributed by atoms with Crippen molar-refractivity contribution in [3.8, 4) is 0 Å². The first-order chi connectivity index (χ1) is 8.49. The minimum atomic E-state index is 0.201. The van der Waals surface area contributed by atoms with Gasteiger partial charge in [0, 0.05) is 28.6 Å².